The minimum absolute atomic E-state index is 0.230. The monoisotopic (exact) mass is 511 g/mol. The van der Waals surface area contributed by atoms with Gasteiger partial charge in [0.25, 0.3) is 0 Å². The number of nitrogens with zero attached hydrogens (tertiary/aromatic N) is 1. The van der Waals surface area contributed by atoms with E-state index in [9.17, 15) is 9.90 Å². The molecule has 0 aliphatic heterocycles. The SMILES string of the molecule is CCCCCCc1ccsc1-c1cc(CCCCCC)c(-c2ccc(/C=C(/C#N)C(=O)O)s2)s1. The van der Waals surface area contributed by atoms with E-state index < -0.39 is 5.97 Å². The summed E-state index contributed by atoms with van der Waals surface area (Å²) < 4.78 is 0. The first kappa shape index (κ1) is 26.4. The molecule has 180 valence electrons. The molecule has 3 aromatic rings. The van der Waals surface area contributed by atoms with Crippen LogP contribution in [0.25, 0.3) is 25.6 Å². The summed E-state index contributed by atoms with van der Waals surface area (Å²) in [5, 5.41) is 20.5. The van der Waals surface area contributed by atoms with Crippen LogP contribution in [0, 0.1) is 11.3 Å². The molecule has 34 heavy (non-hydrogen) atoms. The van der Waals surface area contributed by atoms with Crippen molar-refractivity contribution in [2.45, 2.75) is 78.1 Å². The van der Waals surface area contributed by atoms with Crippen LogP contribution in [0.5, 0.6) is 0 Å². The van der Waals surface area contributed by atoms with Gasteiger partial charge in [0.1, 0.15) is 11.6 Å². The molecule has 3 rings (SSSR count). The van der Waals surface area contributed by atoms with Gasteiger partial charge in [0.15, 0.2) is 0 Å². The van der Waals surface area contributed by atoms with Crippen LogP contribution in [0.1, 0.15) is 81.2 Å². The molecule has 3 aromatic heterocycles. The van der Waals surface area contributed by atoms with Gasteiger partial charge in [-0.1, -0.05) is 52.4 Å². The fraction of sp³-hybridized carbons (Fsp3) is 0.429. The van der Waals surface area contributed by atoms with Crippen molar-refractivity contribution in [1.29, 1.82) is 5.26 Å². The van der Waals surface area contributed by atoms with Crippen molar-refractivity contribution in [1.82, 2.24) is 0 Å². The van der Waals surface area contributed by atoms with Crippen molar-refractivity contribution < 1.29 is 9.90 Å². The Balaban J connectivity index is 1.90. The Morgan fingerprint density at radius 1 is 0.912 bits per heavy atom. The Bertz CT molecular complexity index is 1140. The number of thiophene rings is 3. The van der Waals surface area contributed by atoms with Crippen molar-refractivity contribution in [3.63, 3.8) is 0 Å². The highest BCUT2D eigenvalue weighted by Gasteiger charge is 2.17. The highest BCUT2D eigenvalue weighted by molar-refractivity contribution is 7.26. The molecule has 1 N–H and O–H groups in total. The number of carbonyl (C=O) groups is 1. The maximum Gasteiger partial charge on any atom is 0.346 e. The summed E-state index contributed by atoms with van der Waals surface area (Å²) in [5.74, 6) is -1.18. The Morgan fingerprint density at radius 3 is 2.26 bits per heavy atom. The molecule has 0 saturated carbocycles. The van der Waals surface area contributed by atoms with Gasteiger partial charge in [-0.3, -0.25) is 0 Å². The predicted octanol–water partition coefficient (Wildman–Crippen LogP) is 9.44. The highest BCUT2D eigenvalue weighted by Crippen LogP contribution is 2.44. The number of unbranched alkanes of at least 4 members (excludes halogenated alkanes) is 6. The van der Waals surface area contributed by atoms with Crippen LogP contribution in [0.4, 0.5) is 0 Å². The second-order valence-corrected chi connectivity index (χ2v) is 11.6. The minimum Gasteiger partial charge on any atom is -0.477 e. The molecule has 0 atom stereocenters. The summed E-state index contributed by atoms with van der Waals surface area (Å²) in [6, 6.07) is 10.4. The second-order valence-electron chi connectivity index (χ2n) is 8.54. The number of nitriles is 1. The Morgan fingerprint density at radius 2 is 1.62 bits per heavy atom. The number of aryl methyl sites for hydroxylation is 2. The van der Waals surface area contributed by atoms with Gasteiger partial charge in [-0.15, -0.1) is 34.0 Å². The molecular formula is C28H33NO2S3. The summed E-state index contributed by atoms with van der Waals surface area (Å²) in [5.41, 5.74) is 2.62. The van der Waals surface area contributed by atoms with Crippen molar-refractivity contribution in [2.75, 3.05) is 0 Å². The lowest BCUT2D eigenvalue weighted by Gasteiger charge is -2.02. The molecule has 0 unspecified atom stereocenters. The van der Waals surface area contributed by atoms with E-state index in [1.54, 1.807) is 17.4 Å². The first-order chi connectivity index (χ1) is 16.6. The quantitative estimate of drug-likeness (QED) is 0.133. The second kappa shape index (κ2) is 13.6. The summed E-state index contributed by atoms with van der Waals surface area (Å²) >= 11 is 5.26. The molecule has 3 nitrogen and oxygen atoms in total. The maximum atomic E-state index is 11.2. The number of hydrogen-bond donors (Lipinski definition) is 1. The summed E-state index contributed by atoms with van der Waals surface area (Å²) in [7, 11) is 0. The lowest BCUT2D eigenvalue weighted by Crippen LogP contribution is -1.96. The van der Waals surface area contributed by atoms with Crippen LogP contribution in [-0.4, -0.2) is 11.1 Å². The minimum atomic E-state index is -1.18. The van der Waals surface area contributed by atoms with Gasteiger partial charge in [-0.25, -0.2) is 4.79 Å². The smallest absolute Gasteiger partial charge is 0.346 e. The molecule has 0 bridgehead atoms. The number of aliphatic carboxylic acids is 1. The van der Waals surface area contributed by atoms with Gasteiger partial charge in [-0.2, -0.15) is 5.26 Å². The van der Waals surface area contributed by atoms with Crippen molar-refractivity contribution in [3.05, 3.63) is 51.2 Å². The van der Waals surface area contributed by atoms with Crippen LogP contribution in [-0.2, 0) is 17.6 Å². The summed E-state index contributed by atoms with van der Waals surface area (Å²) in [4.78, 5) is 17.2. The van der Waals surface area contributed by atoms with E-state index >= 15 is 0 Å². The fourth-order valence-corrected chi connectivity index (χ4v) is 7.42. The average molecular weight is 512 g/mol. The Labute approximate surface area is 215 Å². The molecule has 0 spiro atoms. The van der Waals surface area contributed by atoms with E-state index in [0.29, 0.717) is 0 Å². The lowest BCUT2D eigenvalue weighted by molar-refractivity contribution is -0.132. The average Bonchev–Trinajstić information content (AvgIpc) is 3.57. The zero-order chi connectivity index (χ0) is 24.3. The third kappa shape index (κ3) is 7.15. The molecule has 0 fully saturated rings. The van der Waals surface area contributed by atoms with Crippen LogP contribution in [0.15, 0.2) is 35.2 Å². The molecule has 3 heterocycles. The van der Waals surface area contributed by atoms with E-state index in [0.717, 1.165) is 22.6 Å². The number of carboxylic acid groups (broad SMARTS) is 1. The Kier molecular flexibility index (Phi) is 10.6. The van der Waals surface area contributed by atoms with Crippen molar-refractivity contribution >= 4 is 46.1 Å². The standard InChI is InChI=1S/C28H33NO2S3/c1-3-5-7-9-11-20-15-16-32-26(20)25-18-21(12-10-8-6-4-2)27(34-25)24-14-13-23(33-24)17-22(19-29)28(30)31/h13-18H,3-12H2,1-2H3,(H,30,31)/b22-17-. The van der Waals surface area contributed by atoms with E-state index in [1.165, 1.54) is 83.2 Å². The fourth-order valence-electron chi connectivity index (χ4n) is 4.00. The van der Waals surface area contributed by atoms with Crippen LogP contribution < -0.4 is 0 Å². The first-order valence-corrected chi connectivity index (χ1v) is 14.7. The third-order valence-corrected chi connectivity index (χ3v) is 9.39. The summed E-state index contributed by atoms with van der Waals surface area (Å²) in [6.45, 7) is 4.49. The van der Waals surface area contributed by atoms with Gasteiger partial charge < -0.3 is 5.11 Å². The van der Waals surface area contributed by atoms with Crippen molar-refractivity contribution in [3.8, 4) is 25.6 Å². The predicted molar refractivity (Wildman–Crippen MR) is 148 cm³/mol. The zero-order valence-electron chi connectivity index (χ0n) is 20.1. The van der Waals surface area contributed by atoms with E-state index in [-0.39, 0.29) is 5.57 Å². The molecule has 0 aliphatic rings. The van der Waals surface area contributed by atoms with E-state index in [2.05, 4.69) is 37.4 Å². The number of rotatable bonds is 14. The normalized spacial score (nSPS) is 11.6. The van der Waals surface area contributed by atoms with Gasteiger partial charge in [0.05, 0.1) is 0 Å². The van der Waals surface area contributed by atoms with Crippen LogP contribution in [0.2, 0.25) is 0 Å². The van der Waals surface area contributed by atoms with Gasteiger partial charge >= 0.3 is 5.97 Å². The molecule has 6 heteroatoms. The lowest BCUT2D eigenvalue weighted by atomic mass is 10.0. The molecule has 0 saturated heterocycles. The van der Waals surface area contributed by atoms with Gasteiger partial charge in [0, 0.05) is 24.4 Å². The van der Waals surface area contributed by atoms with E-state index in [1.807, 2.05) is 28.7 Å². The molecular weight excluding hydrogens is 479 g/mol. The third-order valence-electron chi connectivity index (χ3n) is 5.87. The van der Waals surface area contributed by atoms with Gasteiger partial charge in [0.2, 0.25) is 0 Å². The van der Waals surface area contributed by atoms with Crippen molar-refractivity contribution in [2.24, 2.45) is 0 Å². The molecule has 0 aromatic carbocycles. The van der Waals surface area contributed by atoms with E-state index in [4.69, 9.17) is 5.26 Å². The molecule has 0 amide bonds. The number of hydrogen-bond acceptors (Lipinski definition) is 5. The first-order valence-electron chi connectivity index (χ1n) is 12.2. The van der Waals surface area contributed by atoms with Crippen LogP contribution in [0.3, 0.4) is 0 Å². The molecule has 0 radical (unpaired) electrons. The zero-order valence-corrected chi connectivity index (χ0v) is 22.5. The molecule has 0 aliphatic carbocycles. The van der Waals surface area contributed by atoms with Gasteiger partial charge in [-0.05, 0) is 72.5 Å². The largest absolute Gasteiger partial charge is 0.477 e. The van der Waals surface area contributed by atoms with Crippen LogP contribution >= 0.6 is 34.0 Å². The Hall–Kier alpha value is -2.20. The summed E-state index contributed by atoms with van der Waals surface area (Å²) in [6.07, 6.45) is 13.7. The maximum absolute atomic E-state index is 11.2. The topological polar surface area (TPSA) is 61.1 Å². The number of carboxylic acids is 1. The highest BCUT2D eigenvalue weighted by atomic mass is 32.1.